The van der Waals surface area contributed by atoms with E-state index in [4.69, 9.17) is 4.74 Å². The fourth-order valence-electron chi connectivity index (χ4n) is 2.73. The molecule has 0 saturated heterocycles. The van der Waals surface area contributed by atoms with Crippen molar-refractivity contribution in [2.75, 3.05) is 13.2 Å². The van der Waals surface area contributed by atoms with Crippen molar-refractivity contribution >= 4 is 6.09 Å². The van der Waals surface area contributed by atoms with Gasteiger partial charge >= 0.3 is 149 Å². The van der Waals surface area contributed by atoms with E-state index >= 15 is 0 Å². The second-order valence-corrected chi connectivity index (χ2v) is 15.3. The van der Waals surface area contributed by atoms with Crippen LogP contribution in [0.3, 0.4) is 0 Å². The van der Waals surface area contributed by atoms with Crippen LogP contribution in [0.15, 0.2) is 0 Å². The molecule has 0 aromatic rings. The van der Waals surface area contributed by atoms with Crippen molar-refractivity contribution in [2.45, 2.75) is 61.3 Å². The molecule has 0 spiro atoms. The topological polar surface area (TPSA) is 75.2 Å². The van der Waals surface area contributed by atoms with Crippen LogP contribution in [0.4, 0.5) is 4.79 Å². The number of carbonyl (C=O) groups excluding carboxylic acids is 1. The van der Waals surface area contributed by atoms with E-state index in [2.05, 4.69) is 16.1 Å². The van der Waals surface area contributed by atoms with Gasteiger partial charge in [0.25, 0.3) is 0 Å². The third-order valence-corrected chi connectivity index (χ3v) is 13.9. The van der Waals surface area contributed by atoms with E-state index in [0.717, 1.165) is 7.85 Å². The maximum absolute atomic E-state index is 11.9. The van der Waals surface area contributed by atoms with Crippen LogP contribution in [0.5, 0.6) is 0 Å². The van der Waals surface area contributed by atoms with Gasteiger partial charge in [0, 0.05) is 0 Å². The Hall–Kier alpha value is 0.650. The first-order chi connectivity index (χ1) is 10.3. The quantitative estimate of drug-likeness (QED) is 0.110. The number of amides is 1. The molecule has 2 aliphatic carbocycles. The standard InChI is InChI=1S/C14H27I2N2O3/c17-21-10-9-20-14(19)18-13(15-11-5-1-2-6-11)16-12-7-3-4-8-12/h11-13H,1-10H2,17H3,(H,18,19)/q-1. The van der Waals surface area contributed by atoms with Gasteiger partial charge in [0.05, 0.1) is 0 Å². The number of hydrogen-bond acceptors (Lipinski definition) is 3. The Labute approximate surface area is 147 Å². The molecule has 126 valence electrons. The third kappa shape index (κ3) is 7.17. The molecule has 21 heavy (non-hydrogen) atoms. The molecule has 7 heteroatoms. The van der Waals surface area contributed by atoms with E-state index in [1.807, 2.05) is 0 Å². The number of alkyl halides is 4. The Morgan fingerprint density at radius 3 is 2.05 bits per heavy atom. The van der Waals surface area contributed by atoms with Crippen molar-refractivity contribution in [1.29, 1.82) is 0 Å². The van der Waals surface area contributed by atoms with Crippen LogP contribution >= 0.6 is 0 Å². The summed E-state index contributed by atoms with van der Waals surface area (Å²) in [5.74, 6) is 3.28. The van der Waals surface area contributed by atoms with Gasteiger partial charge in [-0.1, -0.05) is 0 Å². The van der Waals surface area contributed by atoms with Crippen molar-refractivity contribution in [3.63, 3.8) is 0 Å². The Kier molecular flexibility index (Phi) is 8.94. The molecule has 5 nitrogen and oxygen atoms in total. The van der Waals surface area contributed by atoms with E-state index in [-0.39, 0.29) is 48.5 Å². The molecule has 2 rings (SSSR count). The molecular formula is C14H27I2N2O3-. The van der Waals surface area contributed by atoms with Crippen LogP contribution in [0.1, 0.15) is 51.4 Å². The van der Waals surface area contributed by atoms with Crippen LogP contribution in [0.2, 0.25) is 0 Å². The predicted molar refractivity (Wildman–Crippen MR) is 71.6 cm³/mol. The zero-order valence-electron chi connectivity index (χ0n) is 12.5. The molecule has 4 N–H and O–H groups in total. The predicted octanol–water partition coefficient (Wildman–Crippen LogP) is -4.77. The summed E-state index contributed by atoms with van der Waals surface area (Å²) in [4.78, 5) is 16.6. The summed E-state index contributed by atoms with van der Waals surface area (Å²) in [6, 6.07) is 0. The molecule has 2 aliphatic rings. The Balaban J connectivity index is 1.76. The van der Waals surface area contributed by atoms with Gasteiger partial charge < -0.3 is 0 Å². The SMILES string of the molecule is [NH3+]OCCOC(=O)NC([I-]C1CCCC1)[I-]C1CCCC1. The molecule has 2 fully saturated rings. The van der Waals surface area contributed by atoms with Crippen LogP contribution in [0.25, 0.3) is 0 Å². The normalized spacial score (nSPS) is 20.7. The molecule has 0 bridgehead atoms. The zero-order valence-corrected chi connectivity index (χ0v) is 16.8. The summed E-state index contributed by atoms with van der Waals surface area (Å²) in [6.45, 7) is 0.666. The van der Waals surface area contributed by atoms with Gasteiger partial charge in [-0.25, -0.2) is 0 Å². The van der Waals surface area contributed by atoms with Gasteiger partial charge in [-0.05, 0) is 0 Å². The van der Waals surface area contributed by atoms with Crippen LogP contribution in [-0.2, 0) is 9.57 Å². The Morgan fingerprint density at radius 1 is 1.05 bits per heavy atom. The number of ether oxygens (including phenoxy) is 1. The summed E-state index contributed by atoms with van der Waals surface area (Å²) in [6.07, 6.45) is 10.9. The van der Waals surface area contributed by atoms with Crippen LogP contribution in [-0.4, -0.2) is 29.2 Å². The van der Waals surface area contributed by atoms with Gasteiger partial charge in [-0.3, -0.25) is 0 Å². The average molecular weight is 525 g/mol. The van der Waals surface area contributed by atoms with Crippen LogP contribution < -0.4 is 53.6 Å². The summed E-state index contributed by atoms with van der Waals surface area (Å²) < 4.78 is 7.52. The summed E-state index contributed by atoms with van der Waals surface area (Å²) in [5.41, 5.74) is 0. The third-order valence-electron chi connectivity index (χ3n) is 3.83. The first kappa shape index (κ1) is 18.0. The van der Waals surface area contributed by atoms with E-state index in [0.29, 0.717) is 15.3 Å². The average Bonchev–Trinajstić information content (AvgIpc) is 3.12. The molecular weight excluding hydrogens is 498 g/mol. The second kappa shape index (κ2) is 10.4. The summed E-state index contributed by atoms with van der Waals surface area (Å²) >= 11 is 0.155. The monoisotopic (exact) mass is 525 g/mol. The molecule has 0 heterocycles. The zero-order chi connectivity index (χ0) is 14.9. The summed E-state index contributed by atoms with van der Waals surface area (Å²) in [5, 5.41) is 3.19. The van der Waals surface area contributed by atoms with Gasteiger partial charge in [0.1, 0.15) is 0 Å². The van der Waals surface area contributed by atoms with E-state index in [1.165, 1.54) is 51.4 Å². The summed E-state index contributed by atoms with van der Waals surface area (Å²) in [7, 11) is 0. The van der Waals surface area contributed by atoms with Gasteiger partial charge in [0.2, 0.25) is 0 Å². The Bertz CT molecular complexity index is 291. The fourth-order valence-corrected chi connectivity index (χ4v) is 15.0. The first-order valence-electron chi connectivity index (χ1n) is 7.82. The molecule has 0 aromatic heterocycles. The van der Waals surface area contributed by atoms with Gasteiger partial charge in [-0.15, -0.1) is 0 Å². The number of quaternary nitrogens is 1. The van der Waals surface area contributed by atoms with Crippen molar-refractivity contribution in [3.8, 4) is 0 Å². The molecule has 2 saturated carbocycles. The van der Waals surface area contributed by atoms with Crippen LogP contribution in [0, 0.1) is 0 Å². The molecule has 0 radical (unpaired) electrons. The molecule has 0 atom stereocenters. The molecule has 1 amide bonds. The Morgan fingerprint density at radius 2 is 1.57 bits per heavy atom. The van der Waals surface area contributed by atoms with Crippen molar-refractivity contribution in [3.05, 3.63) is 0 Å². The van der Waals surface area contributed by atoms with Crippen molar-refractivity contribution in [2.24, 2.45) is 0 Å². The number of rotatable bonds is 8. The van der Waals surface area contributed by atoms with E-state index < -0.39 is 0 Å². The molecule has 0 unspecified atom stereocenters. The number of carbonyl (C=O) groups is 1. The van der Waals surface area contributed by atoms with Gasteiger partial charge in [0.15, 0.2) is 0 Å². The molecule has 0 aliphatic heterocycles. The number of hydrogen-bond donors (Lipinski definition) is 2. The fraction of sp³-hybridized carbons (Fsp3) is 0.929. The number of halogens is 2. The maximum atomic E-state index is 11.9. The minimum absolute atomic E-state index is 0.0774. The van der Waals surface area contributed by atoms with Gasteiger partial charge in [-0.2, -0.15) is 0 Å². The number of nitrogens with one attached hydrogen (secondary N) is 1. The number of alkyl carbamates (subject to hydrolysis) is 1. The molecule has 0 aromatic carbocycles. The minimum atomic E-state index is -0.243. The van der Waals surface area contributed by atoms with Crippen molar-refractivity contribution < 1.29 is 62.7 Å². The van der Waals surface area contributed by atoms with E-state index in [9.17, 15) is 4.79 Å². The van der Waals surface area contributed by atoms with Crippen molar-refractivity contribution in [1.82, 2.24) is 5.32 Å². The second-order valence-electron chi connectivity index (χ2n) is 5.50. The first-order valence-corrected chi connectivity index (χ1v) is 12.8. The van der Waals surface area contributed by atoms with E-state index in [1.54, 1.807) is 0 Å².